The van der Waals surface area contributed by atoms with E-state index in [1.807, 2.05) is 48.7 Å². The van der Waals surface area contributed by atoms with Crippen LogP contribution in [0.15, 0.2) is 71.8 Å². The van der Waals surface area contributed by atoms with E-state index in [0.29, 0.717) is 18.7 Å². The fourth-order valence-electron chi connectivity index (χ4n) is 3.67. The van der Waals surface area contributed by atoms with E-state index in [0.717, 1.165) is 17.5 Å². The van der Waals surface area contributed by atoms with Gasteiger partial charge in [-0.1, -0.05) is 41.9 Å². The molecule has 5 nitrogen and oxygen atoms in total. The first-order valence-electron chi connectivity index (χ1n) is 8.87. The van der Waals surface area contributed by atoms with Crippen molar-refractivity contribution in [1.29, 1.82) is 0 Å². The number of fused-ring (bicyclic) bond motifs is 1. The van der Waals surface area contributed by atoms with Crippen LogP contribution in [0.3, 0.4) is 0 Å². The molecule has 7 heteroatoms. The van der Waals surface area contributed by atoms with Crippen molar-refractivity contribution in [3.8, 4) is 0 Å². The van der Waals surface area contributed by atoms with Crippen LogP contribution in [0.5, 0.6) is 0 Å². The van der Waals surface area contributed by atoms with Crippen LogP contribution in [0.4, 0.5) is 0 Å². The number of amides is 1. The Balaban J connectivity index is 1.79. The molecule has 0 spiro atoms. The number of hydrogen-bond donors (Lipinski definition) is 0. The van der Waals surface area contributed by atoms with Gasteiger partial charge in [0.1, 0.15) is 0 Å². The van der Waals surface area contributed by atoms with Gasteiger partial charge in [-0.25, -0.2) is 8.42 Å². The minimum atomic E-state index is -3.53. The van der Waals surface area contributed by atoms with Gasteiger partial charge in [0.15, 0.2) is 9.84 Å². The second-order valence-electron chi connectivity index (χ2n) is 6.86. The Morgan fingerprint density at radius 1 is 1.04 bits per heavy atom. The van der Waals surface area contributed by atoms with Gasteiger partial charge in [-0.15, -0.1) is 0 Å². The lowest BCUT2D eigenvalue weighted by molar-refractivity contribution is 0.0664. The van der Waals surface area contributed by atoms with E-state index < -0.39 is 9.84 Å². The van der Waals surface area contributed by atoms with Crippen LogP contribution in [0.2, 0.25) is 5.02 Å². The van der Waals surface area contributed by atoms with Crippen molar-refractivity contribution in [2.45, 2.75) is 17.5 Å². The predicted molar refractivity (Wildman–Crippen MR) is 108 cm³/mol. The van der Waals surface area contributed by atoms with Crippen LogP contribution in [0.1, 0.15) is 27.7 Å². The summed E-state index contributed by atoms with van der Waals surface area (Å²) in [5.41, 5.74) is 2.35. The zero-order chi connectivity index (χ0) is 19.9. The van der Waals surface area contributed by atoms with Crippen LogP contribution in [0, 0.1) is 0 Å². The Hall–Kier alpha value is -2.57. The summed E-state index contributed by atoms with van der Waals surface area (Å²) < 4.78 is 26.2. The second-order valence-corrected chi connectivity index (χ2v) is 9.25. The summed E-state index contributed by atoms with van der Waals surface area (Å²) in [5, 5.41) is 0.117. The number of sulfone groups is 1. The molecule has 1 aromatic heterocycles. The minimum Gasteiger partial charge on any atom is -0.348 e. The molecule has 0 N–H and O–H groups in total. The van der Waals surface area contributed by atoms with E-state index in [1.165, 1.54) is 12.1 Å². The average molecular weight is 415 g/mol. The second kappa shape index (κ2) is 7.11. The normalized spacial score (nSPS) is 16.6. The first-order valence-corrected chi connectivity index (χ1v) is 11.1. The molecule has 3 aromatic rings. The number of halogens is 1. The summed E-state index contributed by atoms with van der Waals surface area (Å²) in [7, 11) is -3.53. The zero-order valence-corrected chi connectivity index (χ0v) is 16.8. The van der Waals surface area contributed by atoms with Gasteiger partial charge < -0.3 is 9.47 Å². The Morgan fingerprint density at radius 3 is 2.50 bits per heavy atom. The van der Waals surface area contributed by atoms with Gasteiger partial charge in [-0.3, -0.25) is 4.79 Å². The molecule has 28 heavy (non-hydrogen) atoms. The molecular weight excluding hydrogens is 396 g/mol. The van der Waals surface area contributed by atoms with Crippen molar-refractivity contribution in [3.05, 3.63) is 88.7 Å². The van der Waals surface area contributed by atoms with Crippen LogP contribution < -0.4 is 0 Å². The molecule has 0 fully saturated rings. The van der Waals surface area contributed by atoms with Crippen LogP contribution in [0.25, 0.3) is 0 Å². The predicted octanol–water partition coefficient (Wildman–Crippen LogP) is 3.79. The third-order valence-corrected chi connectivity index (χ3v) is 6.57. The first kappa shape index (κ1) is 18.8. The maximum Gasteiger partial charge on any atom is 0.254 e. The lowest BCUT2D eigenvalue weighted by Crippen LogP contribution is -2.42. The Morgan fingerprint density at radius 2 is 1.79 bits per heavy atom. The summed E-state index contributed by atoms with van der Waals surface area (Å²) in [6.07, 6.45) is 3.10. The summed E-state index contributed by atoms with van der Waals surface area (Å²) >= 11 is 6.04. The van der Waals surface area contributed by atoms with Crippen molar-refractivity contribution >= 4 is 27.3 Å². The monoisotopic (exact) mass is 414 g/mol. The Bertz CT molecular complexity index is 1140. The van der Waals surface area contributed by atoms with E-state index >= 15 is 0 Å². The van der Waals surface area contributed by atoms with Crippen molar-refractivity contribution < 1.29 is 13.2 Å². The molecule has 2 heterocycles. The first-order chi connectivity index (χ1) is 13.4. The van der Waals surface area contributed by atoms with E-state index in [4.69, 9.17) is 11.6 Å². The molecule has 0 radical (unpaired) electrons. The minimum absolute atomic E-state index is 0.0309. The van der Waals surface area contributed by atoms with Gasteiger partial charge in [0.05, 0.1) is 16.0 Å². The molecule has 1 unspecified atom stereocenters. The molecule has 144 valence electrons. The van der Waals surface area contributed by atoms with Gasteiger partial charge in [0, 0.05) is 36.8 Å². The van der Waals surface area contributed by atoms with Gasteiger partial charge in [-0.2, -0.15) is 0 Å². The smallest absolute Gasteiger partial charge is 0.254 e. The number of hydrogen-bond acceptors (Lipinski definition) is 3. The average Bonchev–Trinajstić information content (AvgIpc) is 3.15. The van der Waals surface area contributed by atoms with E-state index in [1.54, 1.807) is 11.0 Å². The molecule has 0 saturated heterocycles. The van der Waals surface area contributed by atoms with E-state index in [-0.39, 0.29) is 21.9 Å². The molecule has 1 aliphatic rings. The number of rotatable bonds is 3. The summed E-state index contributed by atoms with van der Waals surface area (Å²) in [6.45, 7) is 1.21. The Labute approximate surface area is 169 Å². The van der Waals surface area contributed by atoms with Crippen LogP contribution in [-0.2, 0) is 16.4 Å². The highest BCUT2D eigenvalue weighted by molar-refractivity contribution is 7.90. The molecule has 0 bridgehead atoms. The van der Waals surface area contributed by atoms with Crippen LogP contribution >= 0.6 is 11.6 Å². The highest BCUT2D eigenvalue weighted by atomic mass is 35.5. The fourth-order valence-corrected chi connectivity index (χ4v) is 4.98. The van der Waals surface area contributed by atoms with Crippen molar-refractivity contribution in [3.63, 3.8) is 0 Å². The molecule has 1 atom stereocenters. The number of carbonyl (C=O) groups excluding carboxylic acids is 1. The third kappa shape index (κ3) is 3.34. The number of carbonyl (C=O) groups is 1. The quantitative estimate of drug-likeness (QED) is 0.655. The molecule has 2 aromatic carbocycles. The fraction of sp³-hybridized carbons (Fsp3) is 0.190. The maximum atomic E-state index is 13.4. The van der Waals surface area contributed by atoms with E-state index in [2.05, 4.69) is 4.57 Å². The van der Waals surface area contributed by atoms with E-state index in [9.17, 15) is 13.2 Å². The topological polar surface area (TPSA) is 59.4 Å². The zero-order valence-electron chi connectivity index (χ0n) is 15.2. The third-order valence-electron chi connectivity index (χ3n) is 4.99. The molecular formula is C21H19ClN2O3S. The summed E-state index contributed by atoms with van der Waals surface area (Å²) in [4.78, 5) is 15.1. The Kier molecular flexibility index (Phi) is 4.77. The highest BCUT2D eigenvalue weighted by Crippen LogP contribution is 2.34. The lowest BCUT2D eigenvalue weighted by Gasteiger charge is -2.37. The van der Waals surface area contributed by atoms with Gasteiger partial charge in [0.2, 0.25) is 0 Å². The molecule has 1 aliphatic heterocycles. The van der Waals surface area contributed by atoms with Crippen molar-refractivity contribution in [2.24, 2.45) is 0 Å². The summed E-state index contributed by atoms with van der Waals surface area (Å²) in [6, 6.07) is 18.0. The van der Waals surface area contributed by atoms with Crippen molar-refractivity contribution in [1.82, 2.24) is 9.47 Å². The highest BCUT2D eigenvalue weighted by Gasteiger charge is 2.33. The van der Waals surface area contributed by atoms with Gasteiger partial charge in [0.25, 0.3) is 5.91 Å². The number of benzene rings is 2. The molecule has 0 aliphatic carbocycles. The SMILES string of the molecule is CS(=O)(=O)c1cc(C(=O)N2CCn3cccc3C2c2ccccc2)ccc1Cl. The van der Waals surface area contributed by atoms with Crippen molar-refractivity contribution in [2.75, 3.05) is 12.8 Å². The maximum absolute atomic E-state index is 13.4. The number of nitrogens with zero attached hydrogens (tertiary/aromatic N) is 2. The number of aromatic nitrogens is 1. The summed E-state index contributed by atoms with van der Waals surface area (Å²) in [5.74, 6) is -0.220. The van der Waals surface area contributed by atoms with Gasteiger partial charge >= 0.3 is 0 Å². The lowest BCUT2D eigenvalue weighted by atomic mass is 9.99. The van der Waals surface area contributed by atoms with Crippen LogP contribution in [-0.4, -0.2) is 36.6 Å². The molecule has 1 amide bonds. The largest absolute Gasteiger partial charge is 0.348 e. The van der Waals surface area contributed by atoms with Gasteiger partial charge in [-0.05, 0) is 35.9 Å². The molecule has 0 saturated carbocycles. The molecule has 4 rings (SSSR count). The standard InChI is InChI=1S/C21H19ClN2O3S/c1-28(26,27)19-14-16(9-10-17(19)22)21(25)24-13-12-23-11-5-8-18(23)20(24)15-6-3-2-4-7-15/h2-11,14,20H,12-13H2,1H3.